The Bertz CT molecular complexity index is 369. The number of benzene rings is 1. The molecule has 0 amide bonds. The highest BCUT2D eigenvalue weighted by Gasteiger charge is 2.09. The van der Waals surface area contributed by atoms with Gasteiger partial charge in [-0.05, 0) is 37.0 Å². The van der Waals surface area contributed by atoms with Crippen molar-refractivity contribution in [1.29, 1.82) is 0 Å². The molecule has 0 aromatic heterocycles. The van der Waals surface area contributed by atoms with Gasteiger partial charge in [-0.25, -0.2) is 0 Å². The molecular weight excluding hydrogens is 192 g/mol. The minimum atomic E-state index is -0.782. The normalized spacial score (nSPS) is 10.1. The van der Waals surface area contributed by atoms with Crippen LogP contribution in [0.5, 0.6) is 5.75 Å². The molecule has 0 aliphatic carbocycles. The summed E-state index contributed by atoms with van der Waals surface area (Å²) >= 11 is 0. The second kappa shape index (κ2) is 4.82. The molecule has 1 N–H and O–H groups in total. The van der Waals surface area contributed by atoms with Gasteiger partial charge in [-0.2, -0.15) is 0 Å². The second-order valence-electron chi connectivity index (χ2n) is 3.59. The van der Waals surface area contributed by atoms with Crippen molar-refractivity contribution in [3.8, 4) is 5.75 Å². The summed E-state index contributed by atoms with van der Waals surface area (Å²) in [4.78, 5) is 10.5. The van der Waals surface area contributed by atoms with E-state index in [1.54, 1.807) is 7.11 Å². The number of methoxy groups -OCH3 is 1. The fraction of sp³-hybridized carbons (Fsp3) is 0.417. The van der Waals surface area contributed by atoms with E-state index in [1.807, 2.05) is 26.0 Å². The topological polar surface area (TPSA) is 46.5 Å². The van der Waals surface area contributed by atoms with Crippen LogP contribution >= 0.6 is 0 Å². The first-order valence-corrected chi connectivity index (χ1v) is 4.91. The number of carboxylic acid groups (broad SMARTS) is 1. The van der Waals surface area contributed by atoms with E-state index in [2.05, 4.69) is 0 Å². The Morgan fingerprint density at radius 1 is 1.40 bits per heavy atom. The molecule has 0 atom stereocenters. The molecule has 0 fully saturated rings. The molecule has 1 aromatic rings. The molecule has 0 unspecified atom stereocenters. The van der Waals surface area contributed by atoms with Gasteiger partial charge in [-0.15, -0.1) is 0 Å². The van der Waals surface area contributed by atoms with Gasteiger partial charge in [0.05, 0.1) is 7.11 Å². The van der Waals surface area contributed by atoms with Crippen molar-refractivity contribution in [2.24, 2.45) is 0 Å². The molecule has 0 spiro atoms. The first-order valence-electron chi connectivity index (χ1n) is 4.91. The maximum Gasteiger partial charge on any atom is 0.303 e. The molecule has 15 heavy (non-hydrogen) atoms. The SMILES string of the molecule is COc1c(CCC(=O)O)ccc(C)c1C. The van der Waals surface area contributed by atoms with Gasteiger partial charge in [0.25, 0.3) is 0 Å². The van der Waals surface area contributed by atoms with Crippen molar-refractivity contribution in [2.45, 2.75) is 26.7 Å². The molecule has 3 nitrogen and oxygen atoms in total. The average molecular weight is 208 g/mol. The lowest BCUT2D eigenvalue weighted by Gasteiger charge is -2.12. The van der Waals surface area contributed by atoms with Gasteiger partial charge >= 0.3 is 5.97 Å². The minimum Gasteiger partial charge on any atom is -0.496 e. The fourth-order valence-corrected chi connectivity index (χ4v) is 1.57. The van der Waals surface area contributed by atoms with E-state index >= 15 is 0 Å². The van der Waals surface area contributed by atoms with Crippen LogP contribution in [0.3, 0.4) is 0 Å². The van der Waals surface area contributed by atoms with E-state index in [1.165, 1.54) is 0 Å². The molecule has 0 radical (unpaired) electrons. The molecule has 3 heteroatoms. The van der Waals surface area contributed by atoms with Crippen LogP contribution < -0.4 is 4.74 Å². The van der Waals surface area contributed by atoms with Crippen LogP contribution in [0, 0.1) is 13.8 Å². The van der Waals surface area contributed by atoms with Crippen molar-refractivity contribution in [3.63, 3.8) is 0 Å². The Kier molecular flexibility index (Phi) is 3.72. The van der Waals surface area contributed by atoms with Gasteiger partial charge in [-0.1, -0.05) is 12.1 Å². The summed E-state index contributed by atoms with van der Waals surface area (Å²) in [5, 5.41) is 8.62. The summed E-state index contributed by atoms with van der Waals surface area (Å²) < 4.78 is 5.30. The zero-order chi connectivity index (χ0) is 11.4. The zero-order valence-corrected chi connectivity index (χ0v) is 9.33. The lowest BCUT2D eigenvalue weighted by Crippen LogP contribution is -2.01. The van der Waals surface area contributed by atoms with Crippen LogP contribution in [0.25, 0.3) is 0 Å². The van der Waals surface area contributed by atoms with E-state index in [4.69, 9.17) is 9.84 Å². The third kappa shape index (κ3) is 2.72. The largest absolute Gasteiger partial charge is 0.496 e. The summed E-state index contributed by atoms with van der Waals surface area (Å²) in [6.07, 6.45) is 0.651. The molecule has 0 saturated carbocycles. The molecule has 0 saturated heterocycles. The summed E-state index contributed by atoms with van der Waals surface area (Å²) in [6.45, 7) is 4.00. The summed E-state index contributed by atoms with van der Waals surface area (Å²) in [5.41, 5.74) is 3.20. The third-order valence-electron chi connectivity index (χ3n) is 2.57. The molecule has 1 aromatic carbocycles. The number of carbonyl (C=O) groups is 1. The summed E-state index contributed by atoms with van der Waals surface area (Å²) in [6, 6.07) is 3.93. The highest BCUT2D eigenvalue weighted by atomic mass is 16.5. The number of hydrogen-bond donors (Lipinski definition) is 1. The van der Waals surface area contributed by atoms with Gasteiger partial charge in [0.15, 0.2) is 0 Å². The monoisotopic (exact) mass is 208 g/mol. The highest BCUT2D eigenvalue weighted by Crippen LogP contribution is 2.26. The van der Waals surface area contributed by atoms with E-state index in [0.29, 0.717) is 6.42 Å². The smallest absolute Gasteiger partial charge is 0.303 e. The Hall–Kier alpha value is -1.51. The van der Waals surface area contributed by atoms with E-state index in [0.717, 1.165) is 22.4 Å². The van der Waals surface area contributed by atoms with Crippen molar-refractivity contribution in [2.75, 3.05) is 7.11 Å². The van der Waals surface area contributed by atoms with Crippen LogP contribution in [0.2, 0.25) is 0 Å². The van der Waals surface area contributed by atoms with Crippen LogP contribution in [0.15, 0.2) is 12.1 Å². The van der Waals surface area contributed by atoms with Crippen LogP contribution in [-0.2, 0) is 11.2 Å². The lowest BCUT2D eigenvalue weighted by molar-refractivity contribution is -0.136. The predicted molar refractivity (Wildman–Crippen MR) is 58.4 cm³/mol. The third-order valence-corrected chi connectivity index (χ3v) is 2.57. The Morgan fingerprint density at radius 3 is 2.60 bits per heavy atom. The fourth-order valence-electron chi connectivity index (χ4n) is 1.57. The van der Waals surface area contributed by atoms with Crippen molar-refractivity contribution in [3.05, 3.63) is 28.8 Å². The molecular formula is C12H16O3. The standard InChI is InChI=1S/C12H16O3/c1-8-4-5-10(6-7-11(13)14)12(15-3)9(8)2/h4-5H,6-7H2,1-3H3,(H,13,14). The molecule has 0 heterocycles. The second-order valence-corrected chi connectivity index (χ2v) is 3.59. The lowest BCUT2D eigenvalue weighted by atomic mass is 10.0. The van der Waals surface area contributed by atoms with Gasteiger partial charge in [0.2, 0.25) is 0 Å². The van der Waals surface area contributed by atoms with Crippen LogP contribution in [-0.4, -0.2) is 18.2 Å². The number of rotatable bonds is 4. The van der Waals surface area contributed by atoms with E-state index in [9.17, 15) is 4.79 Å². The van der Waals surface area contributed by atoms with E-state index < -0.39 is 5.97 Å². The highest BCUT2D eigenvalue weighted by molar-refractivity contribution is 5.67. The number of carboxylic acids is 1. The number of hydrogen-bond acceptors (Lipinski definition) is 2. The molecule has 0 aliphatic heterocycles. The minimum absolute atomic E-state index is 0.138. The zero-order valence-electron chi connectivity index (χ0n) is 9.33. The maximum absolute atomic E-state index is 10.5. The molecule has 1 rings (SSSR count). The molecule has 0 aliphatic rings. The first kappa shape index (κ1) is 11.6. The van der Waals surface area contributed by atoms with Gasteiger partial charge in [0, 0.05) is 6.42 Å². The van der Waals surface area contributed by atoms with Crippen molar-refractivity contribution < 1.29 is 14.6 Å². The number of aryl methyl sites for hydroxylation is 2. The summed E-state index contributed by atoms with van der Waals surface area (Å²) in [5.74, 6) is 0.0338. The van der Waals surface area contributed by atoms with Gasteiger partial charge in [-0.3, -0.25) is 4.79 Å². The quantitative estimate of drug-likeness (QED) is 0.826. The van der Waals surface area contributed by atoms with Gasteiger partial charge < -0.3 is 9.84 Å². The van der Waals surface area contributed by atoms with Crippen molar-refractivity contribution >= 4 is 5.97 Å². The molecule has 0 bridgehead atoms. The Morgan fingerprint density at radius 2 is 2.07 bits per heavy atom. The van der Waals surface area contributed by atoms with Crippen LogP contribution in [0.4, 0.5) is 0 Å². The van der Waals surface area contributed by atoms with Gasteiger partial charge in [0.1, 0.15) is 5.75 Å². The first-order chi connectivity index (χ1) is 7.06. The predicted octanol–water partition coefficient (Wildman–Crippen LogP) is 2.33. The Balaban J connectivity index is 2.97. The van der Waals surface area contributed by atoms with Crippen LogP contribution in [0.1, 0.15) is 23.1 Å². The van der Waals surface area contributed by atoms with Crippen molar-refractivity contribution in [1.82, 2.24) is 0 Å². The molecule has 82 valence electrons. The van der Waals surface area contributed by atoms with E-state index in [-0.39, 0.29) is 6.42 Å². The number of ether oxygens (including phenoxy) is 1. The maximum atomic E-state index is 10.5. The average Bonchev–Trinajstić information content (AvgIpc) is 2.19. The Labute approximate surface area is 89.7 Å². The number of aliphatic carboxylic acids is 1. The summed E-state index contributed by atoms with van der Waals surface area (Å²) in [7, 11) is 1.62.